The highest BCUT2D eigenvalue weighted by molar-refractivity contribution is 6.30. The molecule has 0 spiro atoms. The SMILES string of the molecule is O=C(Cc1cc(Cl)ccc1O)Nc1ccnc(C(=O)NC23CC4CC(CC(C4)C2)C3)c1. The first-order valence-electron chi connectivity index (χ1n) is 10.9. The number of anilines is 1. The fraction of sp³-hybridized carbons (Fsp3) is 0.458. The number of halogens is 1. The van der Waals surface area contributed by atoms with E-state index >= 15 is 0 Å². The lowest BCUT2D eigenvalue weighted by Crippen LogP contribution is -2.59. The first-order chi connectivity index (χ1) is 14.9. The van der Waals surface area contributed by atoms with Gasteiger partial charge in [-0.2, -0.15) is 0 Å². The van der Waals surface area contributed by atoms with Gasteiger partial charge in [0, 0.05) is 28.0 Å². The molecule has 2 amide bonds. The Morgan fingerprint density at radius 3 is 2.42 bits per heavy atom. The summed E-state index contributed by atoms with van der Waals surface area (Å²) in [6.07, 6.45) is 8.68. The van der Waals surface area contributed by atoms with Crippen LogP contribution in [-0.4, -0.2) is 27.4 Å². The molecule has 4 aliphatic rings. The van der Waals surface area contributed by atoms with Crippen LogP contribution < -0.4 is 10.6 Å². The van der Waals surface area contributed by atoms with E-state index in [0.717, 1.165) is 37.0 Å². The predicted octanol–water partition coefficient (Wildman–Crippen LogP) is 4.32. The maximum Gasteiger partial charge on any atom is 0.270 e. The Morgan fingerprint density at radius 2 is 1.74 bits per heavy atom. The number of rotatable bonds is 5. The summed E-state index contributed by atoms with van der Waals surface area (Å²) in [6, 6.07) is 7.84. The number of hydrogen-bond acceptors (Lipinski definition) is 4. The molecule has 162 valence electrons. The number of carbonyl (C=O) groups is 2. The third-order valence-corrected chi connectivity index (χ3v) is 7.32. The highest BCUT2D eigenvalue weighted by Gasteiger charge is 2.51. The first kappa shape index (κ1) is 20.3. The molecule has 0 unspecified atom stereocenters. The van der Waals surface area contributed by atoms with Crippen LogP contribution in [0.4, 0.5) is 5.69 Å². The Hall–Kier alpha value is -2.60. The fourth-order valence-electron chi connectivity index (χ4n) is 6.27. The highest BCUT2D eigenvalue weighted by Crippen LogP contribution is 2.55. The van der Waals surface area contributed by atoms with Crippen LogP contribution in [0.3, 0.4) is 0 Å². The molecular formula is C24H26ClN3O3. The third kappa shape index (κ3) is 4.26. The summed E-state index contributed by atoms with van der Waals surface area (Å²) in [5.41, 5.74) is 1.16. The van der Waals surface area contributed by atoms with Gasteiger partial charge in [0.05, 0.1) is 6.42 Å². The number of amides is 2. The number of pyridine rings is 1. The van der Waals surface area contributed by atoms with Crippen molar-refractivity contribution in [1.29, 1.82) is 0 Å². The van der Waals surface area contributed by atoms with Crippen molar-refractivity contribution in [2.24, 2.45) is 17.8 Å². The molecule has 4 saturated carbocycles. The first-order valence-corrected chi connectivity index (χ1v) is 11.3. The minimum absolute atomic E-state index is 0.0184. The summed E-state index contributed by atoms with van der Waals surface area (Å²) in [5, 5.41) is 16.5. The van der Waals surface area contributed by atoms with E-state index in [2.05, 4.69) is 15.6 Å². The molecule has 0 radical (unpaired) electrons. The lowest BCUT2D eigenvalue weighted by Gasteiger charge is -2.56. The number of aromatic nitrogens is 1. The number of hydrogen-bond donors (Lipinski definition) is 3. The zero-order chi connectivity index (χ0) is 21.6. The second kappa shape index (κ2) is 7.83. The zero-order valence-corrected chi connectivity index (χ0v) is 18.0. The van der Waals surface area contributed by atoms with Crippen molar-refractivity contribution in [2.75, 3.05) is 5.32 Å². The van der Waals surface area contributed by atoms with Gasteiger partial charge in [0.2, 0.25) is 5.91 Å². The Balaban J connectivity index is 1.25. The van der Waals surface area contributed by atoms with Gasteiger partial charge in [0.25, 0.3) is 5.91 Å². The average Bonchev–Trinajstić information content (AvgIpc) is 2.69. The van der Waals surface area contributed by atoms with Gasteiger partial charge in [-0.25, -0.2) is 0 Å². The van der Waals surface area contributed by atoms with E-state index in [1.165, 1.54) is 31.5 Å². The summed E-state index contributed by atoms with van der Waals surface area (Å²) in [4.78, 5) is 29.7. The molecule has 3 N–H and O–H groups in total. The normalized spacial score (nSPS) is 28.4. The van der Waals surface area contributed by atoms with E-state index in [9.17, 15) is 14.7 Å². The van der Waals surface area contributed by atoms with Crippen molar-refractivity contribution in [3.8, 4) is 5.75 Å². The van der Waals surface area contributed by atoms with Crippen molar-refractivity contribution >= 4 is 29.1 Å². The van der Waals surface area contributed by atoms with Gasteiger partial charge >= 0.3 is 0 Å². The second-order valence-corrected chi connectivity index (χ2v) is 10.0. The van der Waals surface area contributed by atoms with E-state index in [1.54, 1.807) is 24.3 Å². The Kier molecular flexibility index (Phi) is 5.13. The molecule has 2 aromatic rings. The van der Waals surface area contributed by atoms with E-state index < -0.39 is 0 Å². The number of aromatic hydroxyl groups is 1. The van der Waals surface area contributed by atoms with Gasteiger partial charge in [-0.3, -0.25) is 14.6 Å². The van der Waals surface area contributed by atoms with Gasteiger partial charge in [0.15, 0.2) is 0 Å². The number of phenolic OH excluding ortho intramolecular Hbond substituents is 1. The minimum atomic E-state index is -0.309. The van der Waals surface area contributed by atoms with E-state index in [0.29, 0.717) is 22.0 Å². The molecule has 4 fully saturated rings. The van der Waals surface area contributed by atoms with Gasteiger partial charge in [-0.15, -0.1) is 0 Å². The molecule has 1 heterocycles. The lowest BCUT2D eigenvalue weighted by molar-refractivity contribution is -0.115. The minimum Gasteiger partial charge on any atom is -0.508 e. The maximum atomic E-state index is 13.0. The Morgan fingerprint density at radius 1 is 1.06 bits per heavy atom. The van der Waals surface area contributed by atoms with E-state index in [1.807, 2.05) is 0 Å². The maximum absolute atomic E-state index is 13.0. The lowest BCUT2D eigenvalue weighted by atomic mass is 9.53. The summed E-state index contributed by atoms with van der Waals surface area (Å²) in [5.74, 6) is 1.76. The van der Waals surface area contributed by atoms with Crippen LogP contribution in [0.2, 0.25) is 5.02 Å². The highest BCUT2D eigenvalue weighted by atomic mass is 35.5. The summed E-state index contributed by atoms with van der Waals surface area (Å²) >= 11 is 5.95. The smallest absolute Gasteiger partial charge is 0.270 e. The second-order valence-electron chi connectivity index (χ2n) is 9.58. The molecular weight excluding hydrogens is 414 g/mol. The van der Waals surface area contributed by atoms with Crippen molar-refractivity contribution < 1.29 is 14.7 Å². The number of nitrogens with zero attached hydrogens (tertiary/aromatic N) is 1. The predicted molar refractivity (Wildman–Crippen MR) is 118 cm³/mol. The molecule has 6 rings (SSSR count). The molecule has 1 aromatic heterocycles. The van der Waals surface area contributed by atoms with Crippen molar-refractivity contribution in [1.82, 2.24) is 10.3 Å². The molecule has 0 atom stereocenters. The van der Waals surface area contributed by atoms with Crippen LogP contribution in [0.15, 0.2) is 36.5 Å². The van der Waals surface area contributed by atoms with Gasteiger partial charge < -0.3 is 15.7 Å². The standard InChI is InChI=1S/C24H26ClN3O3/c25-18-1-2-21(29)17(8-18)9-22(30)27-19-3-4-26-20(10-19)23(31)28-24-11-14-5-15(12-24)7-16(6-14)13-24/h1-4,8,10,14-16,29H,5-7,9,11-13H2,(H,28,31)(H,26,27,30). The summed E-state index contributed by atoms with van der Waals surface area (Å²) < 4.78 is 0. The van der Waals surface area contributed by atoms with E-state index in [4.69, 9.17) is 11.6 Å². The third-order valence-electron chi connectivity index (χ3n) is 7.09. The number of benzene rings is 1. The summed E-state index contributed by atoms with van der Waals surface area (Å²) in [6.45, 7) is 0. The van der Waals surface area contributed by atoms with Crippen molar-refractivity contribution in [3.05, 3.63) is 52.8 Å². The van der Waals surface area contributed by atoms with Crippen molar-refractivity contribution in [2.45, 2.75) is 50.5 Å². The van der Waals surface area contributed by atoms with Crippen LogP contribution in [-0.2, 0) is 11.2 Å². The molecule has 7 heteroatoms. The molecule has 4 bridgehead atoms. The molecule has 4 aliphatic carbocycles. The zero-order valence-electron chi connectivity index (χ0n) is 17.2. The molecule has 31 heavy (non-hydrogen) atoms. The average molecular weight is 440 g/mol. The number of phenols is 1. The van der Waals surface area contributed by atoms with Crippen LogP contribution >= 0.6 is 11.6 Å². The number of nitrogens with one attached hydrogen (secondary N) is 2. The van der Waals surface area contributed by atoms with Crippen LogP contribution in [0, 0.1) is 17.8 Å². The van der Waals surface area contributed by atoms with Crippen LogP contribution in [0.5, 0.6) is 5.75 Å². The van der Waals surface area contributed by atoms with Crippen molar-refractivity contribution in [3.63, 3.8) is 0 Å². The quantitative estimate of drug-likeness (QED) is 0.647. The van der Waals surface area contributed by atoms with Gasteiger partial charge in [-0.05, 0) is 86.6 Å². The van der Waals surface area contributed by atoms with Gasteiger partial charge in [0.1, 0.15) is 11.4 Å². The topological polar surface area (TPSA) is 91.3 Å². The monoisotopic (exact) mass is 439 g/mol. The molecule has 6 nitrogen and oxygen atoms in total. The van der Waals surface area contributed by atoms with Gasteiger partial charge in [-0.1, -0.05) is 11.6 Å². The Bertz CT molecular complexity index is 1000. The Labute approximate surface area is 186 Å². The number of carbonyl (C=O) groups excluding carboxylic acids is 2. The summed E-state index contributed by atoms with van der Waals surface area (Å²) in [7, 11) is 0. The largest absolute Gasteiger partial charge is 0.508 e. The van der Waals surface area contributed by atoms with E-state index in [-0.39, 0.29) is 29.5 Å². The fourth-order valence-corrected chi connectivity index (χ4v) is 6.47. The van der Waals surface area contributed by atoms with Crippen LogP contribution in [0.1, 0.15) is 54.6 Å². The molecule has 1 aromatic carbocycles. The molecule has 0 aliphatic heterocycles. The molecule has 0 saturated heterocycles. The van der Waals surface area contributed by atoms with Crippen LogP contribution in [0.25, 0.3) is 0 Å².